The first-order chi connectivity index (χ1) is 17.0. The average Bonchev–Trinajstić information content (AvgIpc) is 3.21. The number of rotatable bonds is 10. The summed E-state index contributed by atoms with van der Waals surface area (Å²) in [6, 6.07) is 14.2. The van der Waals surface area contributed by atoms with Crippen LogP contribution >= 0.6 is 11.9 Å². The predicted molar refractivity (Wildman–Crippen MR) is 146 cm³/mol. The summed E-state index contributed by atoms with van der Waals surface area (Å²) in [6.45, 7) is 6.34. The molecule has 2 aromatic carbocycles. The molecule has 4 rings (SSSR count). The molecule has 0 fully saturated rings. The molecule has 188 valence electrons. The minimum Gasteiger partial charge on any atom is -0.489 e. The molecule has 0 aliphatic heterocycles. The molecule has 0 atom stereocenters. The van der Waals surface area contributed by atoms with Crippen LogP contribution in [0.3, 0.4) is 0 Å². The lowest BCUT2D eigenvalue weighted by molar-refractivity contribution is 0.199. The van der Waals surface area contributed by atoms with Crippen molar-refractivity contribution in [2.45, 2.75) is 33.4 Å². The summed E-state index contributed by atoms with van der Waals surface area (Å²) >= 11 is 1.57. The van der Waals surface area contributed by atoms with Gasteiger partial charge in [0, 0.05) is 50.6 Å². The lowest BCUT2D eigenvalue weighted by Crippen LogP contribution is -2.10. The van der Waals surface area contributed by atoms with Crippen molar-refractivity contribution in [2.75, 3.05) is 37.5 Å². The second-order valence-corrected chi connectivity index (χ2v) is 9.06. The Labute approximate surface area is 211 Å². The van der Waals surface area contributed by atoms with Gasteiger partial charge in [0.25, 0.3) is 0 Å². The van der Waals surface area contributed by atoms with Gasteiger partial charge in [-0.2, -0.15) is 0 Å². The summed E-state index contributed by atoms with van der Waals surface area (Å²) in [5, 5.41) is 8.02. The Kier molecular flexibility index (Phi) is 9.59. The van der Waals surface area contributed by atoms with Crippen molar-refractivity contribution in [2.24, 2.45) is 5.92 Å². The normalized spacial score (nSPS) is 11.1. The van der Waals surface area contributed by atoms with Gasteiger partial charge in [0.1, 0.15) is 23.7 Å². The third-order valence-electron chi connectivity index (χ3n) is 5.38. The molecule has 8 nitrogen and oxygen atoms in total. The zero-order valence-electron chi connectivity index (χ0n) is 21.0. The molecule has 2 heterocycles. The van der Waals surface area contributed by atoms with Crippen LogP contribution in [0.15, 0.2) is 42.5 Å². The van der Waals surface area contributed by atoms with Gasteiger partial charge in [0.2, 0.25) is 0 Å². The molecule has 2 aromatic heterocycles. The fraction of sp³-hybridized carbons (Fsp3) is 0.385. The highest BCUT2D eigenvalue weighted by Gasteiger charge is 2.18. The number of nitrogen functional groups attached to an aromatic ring is 1. The summed E-state index contributed by atoms with van der Waals surface area (Å²) in [5.74, 6) is 2.63. The van der Waals surface area contributed by atoms with Gasteiger partial charge in [0.05, 0.1) is 17.6 Å². The van der Waals surface area contributed by atoms with Crippen molar-refractivity contribution in [3.8, 4) is 5.75 Å². The molecule has 0 spiro atoms. The second kappa shape index (κ2) is 12.6. The molecule has 0 saturated carbocycles. The number of benzene rings is 2. The van der Waals surface area contributed by atoms with Gasteiger partial charge >= 0.3 is 0 Å². The van der Waals surface area contributed by atoms with E-state index in [1.54, 1.807) is 19.1 Å². The van der Waals surface area contributed by atoms with E-state index in [-0.39, 0.29) is 0 Å². The Bertz CT molecular complexity index is 1260. The summed E-state index contributed by atoms with van der Waals surface area (Å²) in [5.41, 5.74) is 11.1. The lowest BCUT2D eigenvalue weighted by Gasteiger charge is -2.14. The number of aromatic nitrogens is 3. The predicted octanol–water partition coefficient (Wildman–Crippen LogP) is 4.89. The molecule has 0 aliphatic carbocycles. The monoisotopic (exact) mass is 497 g/mol. The molecule has 0 bridgehead atoms. The first-order valence-corrected chi connectivity index (χ1v) is 12.8. The van der Waals surface area contributed by atoms with Crippen molar-refractivity contribution >= 4 is 45.4 Å². The van der Waals surface area contributed by atoms with Crippen molar-refractivity contribution in [1.82, 2.24) is 14.5 Å². The average molecular weight is 498 g/mol. The highest BCUT2D eigenvalue weighted by atomic mass is 32.2. The van der Waals surface area contributed by atoms with Crippen LogP contribution in [0.5, 0.6) is 5.75 Å². The molecular formula is C26H35N5O3S. The Hall–Kier alpha value is -3.01. The summed E-state index contributed by atoms with van der Waals surface area (Å²) in [7, 11) is 2.71. The molecule has 0 unspecified atom stereocenters. The van der Waals surface area contributed by atoms with E-state index in [0.29, 0.717) is 24.9 Å². The van der Waals surface area contributed by atoms with E-state index in [1.807, 2.05) is 30.5 Å². The van der Waals surface area contributed by atoms with Crippen LogP contribution in [0, 0.1) is 5.92 Å². The lowest BCUT2D eigenvalue weighted by atomic mass is 10.1. The number of hydrogen-bond acceptors (Lipinski definition) is 8. The second-order valence-electron chi connectivity index (χ2n) is 8.44. The smallest absolute Gasteiger partial charge is 0.152 e. The van der Waals surface area contributed by atoms with Crippen LogP contribution in [0.4, 0.5) is 11.5 Å². The maximum Gasteiger partial charge on any atom is 0.152 e. The molecule has 0 aliphatic rings. The number of aliphatic hydroxyl groups excluding tert-OH is 1. The number of nitrogens with one attached hydrogen (secondary N) is 1. The van der Waals surface area contributed by atoms with E-state index in [1.165, 1.54) is 0 Å². The van der Waals surface area contributed by atoms with E-state index in [4.69, 9.17) is 25.3 Å². The largest absolute Gasteiger partial charge is 0.489 e. The fourth-order valence-electron chi connectivity index (χ4n) is 3.98. The van der Waals surface area contributed by atoms with Crippen LogP contribution in [-0.2, 0) is 24.3 Å². The molecule has 0 radical (unpaired) electrons. The molecule has 4 aromatic rings. The summed E-state index contributed by atoms with van der Waals surface area (Å²) < 4.78 is 16.9. The Morgan fingerprint density at radius 2 is 1.94 bits per heavy atom. The van der Waals surface area contributed by atoms with E-state index in [9.17, 15) is 0 Å². The van der Waals surface area contributed by atoms with Crippen LogP contribution in [0.2, 0.25) is 0 Å². The first kappa shape index (κ1) is 26.6. The summed E-state index contributed by atoms with van der Waals surface area (Å²) in [6.07, 6.45) is 2.73. The maximum atomic E-state index is 7.00. The minimum absolute atomic E-state index is 0.437. The molecule has 0 saturated heterocycles. The van der Waals surface area contributed by atoms with Gasteiger partial charge < -0.3 is 29.6 Å². The SMILES string of the molecule is CO.COCCc1nc2c(N)nc3cc(OCc4cccc(NSC)c4)ccc3c2n1CC(C)C. The number of nitrogens with zero attached hydrogens (tertiary/aromatic N) is 3. The number of hydrogen-bond donors (Lipinski definition) is 3. The van der Waals surface area contributed by atoms with Crippen LogP contribution in [0.1, 0.15) is 25.2 Å². The number of pyridine rings is 1. The number of aliphatic hydroxyl groups is 1. The topological polar surface area (TPSA) is 107 Å². The highest BCUT2D eigenvalue weighted by Crippen LogP contribution is 2.32. The maximum absolute atomic E-state index is 7.00. The molecule has 9 heteroatoms. The fourth-order valence-corrected chi connectivity index (χ4v) is 4.35. The number of ether oxygens (including phenoxy) is 2. The van der Waals surface area contributed by atoms with Gasteiger partial charge in [-0.3, -0.25) is 0 Å². The number of methoxy groups -OCH3 is 1. The Morgan fingerprint density at radius 1 is 1.14 bits per heavy atom. The first-order valence-electron chi connectivity index (χ1n) is 11.5. The van der Waals surface area contributed by atoms with Crippen molar-refractivity contribution in [3.05, 3.63) is 53.9 Å². The van der Waals surface area contributed by atoms with E-state index < -0.39 is 0 Å². The van der Waals surface area contributed by atoms with Crippen molar-refractivity contribution < 1.29 is 14.6 Å². The van der Waals surface area contributed by atoms with Gasteiger partial charge in [-0.1, -0.05) is 37.9 Å². The molecule has 0 amide bonds. The van der Waals surface area contributed by atoms with Gasteiger partial charge in [-0.15, -0.1) is 0 Å². The number of nitrogens with two attached hydrogens (primary N) is 1. The van der Waals surface area contributed by atoms with Crippen LogP contribution < -0.4 is 15.2 Å². The van der Waals surface area contributed by atoms with Crippen LogP contribution in [0.25, 0.3) is 21.9 Å². The Morgan fingerprint density at radius 3 is 2.66 bits per heavy atom. The number of imidazole rings is 1. The third-order valence-corrected chi connectivity index (χ3v) is 5.82. The number of anilines is 2. The van der Waals surface area contributed by atoms with E-state index in [0.717, 1.165) is 64.8 Å². The zero-order chi connectivity index (χ0) is 25.4. The van der Waals surface area contributed by atoms with Crippen molar-refractivity contribution in [1.29, 1.82) is 0 Å². The highest BCUT2D eigenvalue weighted by molar-refractivity contribution is 7.99. The van der Waals surface area contributed by atoms with E-state index >= 15 is 0 Å². The molecule has 35 heavy (non-hydrogen) atoms. The third kappa shape index (κ3) is 6.36. The minimum atomic E-state index is 0.437. The van der Waals surface area contributed by atoms with Crippen LogP contribution in [-0.4, -0.2) is 46.7 Å². The Balaban J connectivity index is 0.00000167. The number of fused-ring (bicyclic) bond motifs is 3. The van der Waals surface area contributed by atoms with Crippen molar-refractivity contribution in [3.63, 3.8) is 0 Å². The van der Waals surface area contributed by atoms with Gasteiger partial charge in [0.15, 0.2) is 5.82 Å². The molecular weight excluding hydrogens is 462 g/mol. The summed E-state index contributed by atoms with van der Waals surface area (Å²) in [4.78, 5) is 9.48. The standard InChI is InChI=1S/C25H31N5O2S.CH4O/c1-16(2)14-30-22(10-11-31-3)28-23-24(30)20-9-8-19(13-21(20)27-25(23)26)32-15-17-6-5-7-18(12-17)29-33-4;1-2/h5-9,12-13,16,29H,10-11,14-15H2,1-4H3,(H2,26,27);2H,1H3. The van der Waals surface area contributed by atoms with Gasteiger partial charge in [-0.05, 0) is 35.7 Å². The zero-order valence-corrected chi connectivity index (χ0v) is 21.9. The van der Waals surface area contributed by atoms with E-state index in [2.05, 4.69) is 46.3 Å². The molecule has 4 N–H and O–H groups in total. The van der Waals surface area contributed by atoms with Gasteiger partial charge in [-0.25, -0.2) is 9.97 Å². The quantitative estimate of drug-likeness (QED) is 0.266.